The van der Waals surface area contributed by atoms with Crippen molar-refractivity contribution in [1.82, 2.24) is 30.4 Å². The van der Waals surface area contributed by atoms with Gasteiger partial charge in [0.2, 0.25) is 27.8 Å². The van der Waals surface area contributed by atoms with E-state index in [1.54, 1.807) is 24.3 Å². The summed E-state index contributed by atoms with van der Waals surface area (Å²) >= 11 is 2.74. The van der Waals surface area contributed by atoms with Crippen LogP contribution in [0, 0.1) is 17.9 Å². The van der Waals surface area contributed by atoms with E-state index >= 15 is 0 Å². The molecule has 40 heavy (non-hydrogen) atoms. The van der Waals surface area contributed by atoms with Crippen LogP contribution in [0.1, 0.15) is 64.5 Å². The van der Waals surface area contributed by atoms with Crippen LogP contribution in [-0.4, -0.2) is 42.2 Å². The first-order valence-electron chi connectivity index (χ1n) is 12.4. The van der Waals surface area contributed by atoms with Gasteiger partial charge >= 0.3 is 0 Å². The minimum absolute atomic E-state index is 0.0764. The largest absolute Gasteiger partial charge is 0.300 e. The lowest BCUT2D eigenvalue weighted by Crippen LogP contribution is -2.15. The van der Waals surface area contributed by atoms with Crippen LogP contribution in [-0.2, 0) is 22.4 Å². The van der Waals surface area contributed by atoms with Gasteiger partial charge < -0.3 is 10.6 Å². The van der Waals surface area contributed by atoms with Crippen molar-refractivity contribution in [1.29, 1.82) is 5.26 Å². The molecule has 2 N–H and O–H groups in total. The van der Waals surface area contributed by atoms with Crippen LogP contribution in [0.3, 0.4) is 0 Å². The Hall–Kier alpha value is -4.66. The monoisotopic (exact) mass is 570 g/mol. The molecule has 1 saturated carbocycles. The molecule has 1 aliphatic carbocycles. The van der Waals surface area contributed by atoms with E-state index in [4.69, 9.17) is 11.8 Å². The Labute approximate surface area is 237 Å². The number of anilines is 2. The van der Waals surface area contributed by atoms with E-state index in [0.717, 1.165) is 35.7 Å². The highest BCUT2D eigenvalue weighted by atomic mass is 32.1. The lowest BCUT2D eigenvalue weighted by Gasteiger charge is -2.25. The number of aromatic nitrogens is 6. The summed E-state index contributed by atoms with van der Waals surface area (Å²) < 4.78 is 0. The molecule has 0 aromatic carbocycles. The summed E-state index contributed by atoms with van der Waals surface area (Å²) in [6.45, 7) is 6.98. The summed E-state index contributed by atoms with van der Waals surface area (Å²) in [7, 11) is 0. The summed E-state index contributed by atoms with van der Waals surface area (Å²) in [5.41, 5.74) is 2.01. The number of hydrogen-bond acceptors (Lipinski definition) is 11. The van der Waals surface area contributed by atoms with Crippen LogP contribution in [0.4, 0.5) is 16.0 Å². The molecule has 4 aromatic heterocycles. The van der Waals surface area contributed by atoms with E-state index in [0.29, 0.717) is 32.9 Å². The third-order valence-electron chi connectivity index (χ3n) is 6.32. The average Bonchev–Trinajstić information content (AvgIpc) is 3.64. The van der Waals surface area contributed by atoms with Gasteiger partial charge in [0.05, 0.1) is 25.0 Å². The number of nitrogens with zero attached hydrogens (tertiary/aromatic N) is 8. The number of nitrogens with one attached hydrogen (secondary N) is 2. The first-order valence-corrected chi connectivity index (χ1v) is 14.1. The fourth-order valence-electron chi connectivity index (χ4n) is 4.38. The molecule has 14 heteroatoms. The lowest BCUT2D eigenvalue weighted by molar-refractivity contribution is -0.116. The van der Waals surface area contributed by atoms with E-state index in [9.17, 15) is 9.59 Å². The zero-order valence-corrected chi connectivity index (χ0v) is 22.7. The molecule has 5 rings (SSSR count). The fraction of sp³-hybridized carbons (Fsp3) is 0.308. The molecule has 0 bridgehead atoms. The molecular weight excluding hydrogens is 548 g/mol. The fourth-order valence-corrected chi connectivity index (χ4v) is 6.19. The molecule has 0 saturated heterocycles. The zero-order valence-electron chi connectivity index (χ0n) is 21.1. The predicted octanol–water partition coefficient (Wildman–Crippen LogP) is 4.41. The minimum atomic E-state index is -0.249. The second-order valence-corrected chi connectivity index (χ2v) is 11.2. The van der Waals surface area contributed by atoms with Crippen LogP contribution in [0.2, 0.25) is 0 Å². The Balaban J connectivity index is 1.14. The van der Waals surface area contributed by atoms with Crippen LogP contribution in [0.5, 0.6) is 0 Å². The molecule has 2 amide bonds. The Morgan fingerprint density at radius 2 is 1.48 bits per heavy atom. The van der Waals surface area contributed by atoms with Crippen molar-refractivity contribution < 1.29 is 9.59 Å². The van der Waals surface area contributed by atoms with Crippen molar-refractivity contribution in [3.8, 4) is 6.07 Å². The normalized spacial score (nSPS) is 16.4. The average molecular weight is 571 g/mol. The standard InChI is InChI=1S/C26H22N10O2S2/c1-28-20-8-7-19(30-14-20)11-22(38)32-26-36-34-24(40-26)17-4-2-3-16(9-17)23-33-35-25(39-23)31-21(37)10-18-6-5-15(12-27)13-29-18/h5-8,13-14,16-17H,2-4,9-11H2,(H,31,35,37)(H,32,36,38)/t16-,17-/m1/s1. The van der Waals surface area contributed by atoms with Crippen LogP contribution >= 0.6 is 22.7 Å². The first kappa shape index (κ1) is 26.9. The van der Waals surface area contributed by atoms with Crippen LogP contribution in [0.15, 0.2) is 36.7 Å². The molecule has 0 spiro atoms. The van der Waals surface area contributed by atoms with Gasteiger partial charge in [-0.3, -0.25) is 19.6 Å². The highest BCUT2D eigenvalue weighted by molar-refractivity contribution is 7.15. The first-order chi connectivity index (χ1) is 19.5. The summed E-state index contributed by atoms with van der Waals surface area (Å²) in [5.74, 6) is -0.116. The lowest BCUT2D eigenvalue weighted by atomic mass is 9.82. The molecule has 12 nitrogen and oxygen atoms in total. The molecule has 0 radical (unpaired) electrons. The number of amides is 2. The second kappa shape index (κ2) is 12.5. The van der Waals surface area contributed by atoms with Crippen molar-refractivity contribution in [3.63, 3.8) is 0 Å². The zero-order chi connectivity index (χ0) is 27.9. The highest BCUT2D eigenvalue weighted by Gasteiger charge is 2.29. The van der Waals surface area contributed by atoms with Crippen molar-refractivity contribution in [2.45, 2.75) is 50.4 Å². The van der Waals surface area contributed by atoms with E-state index < -0.39 is 0 Å². The Bertz CT molecular complexity index is 1470. The SMILES string of the molecule is [C-]#[N+]c1ccc(CC(=O)Nc2nnc([C@@H]3CCC[C@@H](c4nnc(NC(=O)Cc5ccc(C#N)cn5)s4)C3)s2)nc1. The Morgan fingerprint density at radius 1 is 0.900 bits per heavy atom. The molecular formula is C26H22N10O2S2. The van der Waals surface area contributed by atoms with Crippen molar-refractivity contribution in [2.75, 3.05) is 10.6 Å². The van der Waals surface area contributed by atoms with Crippen LogP contribution in [0.25, 0.3) is 4.85 Å². The van der Waals surface area contributed by atoms with Gasteiger partial charge in [0.15, 0.2) is 0 Å². The van der Waals surface area contributed by atoms with Gasteiger partial charge in [-0.2, -0.15) is 5.26 Å². The number of pyridine rings is 2. The molecule has 2 atom stereocenters. The van der Waals surface area contributed by atoms with Gasteiger partial charge in [0, 0.05) is 35.6 Å². The number of rotatable bonds is 8. The summed E-state index contributed by atoms with van der Waals surface area (Å²) in [5, 5.41) is 34.1. The molecule has 0 aliphatic heterocycles. The van der Waals surface area contributed by atoms with Crippen molar-refractivity contribution in [3.05, 3.63) is 75.0 Å². The van der Waals surface area contributed by atoms with Gasteiger partial charge in [-0.05, 0) is 31.4 Å². The second-order valence-electron chi connectivity index (χ2n) is 9.17. The maximum absolute atomic E-state index is 12.4. The molecule has 4 heterocycles. The molecule has 1 aliphatic rings. The Kier molecular flexibility index (Phi) is 8.39. The van der Waals surface area contributed by atoms with Gasteiger partial charge in [-0.1, -0.05) is 41.2 Å². The molecule has 0 unspecified atom stereocenters. The minimum Gasteiger partial charge on any atom is -0.300 e. The summed E-state index contributed by atoms with van der Waals surface area (Å²) in [4.78, 5) is 36.4. The third kappa shape index (κ3) is 6.85. The van der Waals surface area contributed by atoms with E-state index in [2.05, 4.69) is 45.8 Å². The van der Waals surface area contributed by atoms with Gasteiger partial charge in [0.1, 0.15) is 16.1 Å². The highest BCUT2D eigenvalue weighted by Crippen LogP contribution is 2.43. The maximum atomic E-state index is 12.4. The number of carbonyl (C=O) groups is 2. The summed E-state index contributed by atoms with van der Waals surface area (Å²) in [6, 6.07) is 8.58. The smallest absolute Gasteiger partial charge is 0.232 e. The van der Waals surface area contributed by atoms with E-state index in [-0.39, 0.29) is 36.5 Å². The number of carbonyl (C=O) groups excluding carboxylic acids is 2. The van der Waals surface area contributed by atoms with Gasteiger partial charge in [-0.25, -0.2) is 4.85 Å². The molecule has 1 fully saturated rings. The van der Waals surface area contributed by atoms with Gasteiger partial charge in [-0.15, -0.1) is 20.4 Å². The number of hydrogen-bond donors (Lipinski definition) is 2. The Morgan fingerprint density at radius 3 is 1.95 bits per heavy atom. The van der Waals surface area contributed by atoms with Gasteiger partial charge in [0.25, 0.3) is 0 Å². The predicted molar refractivity (Wildman–Crippen MR) is 148 cm³/mol. The van der Waals surface area contributed by atoms with E-state index in [1.165, 1.54) is 35.1 Å². The van der Waals surface area contributed by atoms with Crippen molar-refractivity contribution in [2.24, 2.45) is 0 Å². The maximum Gasteiger partial charge on any atom is 0.232 e. The molecule has 4 aromatic rings. The van der Waals surface area contributed by atoms with Crippen LogP contribution < -0.4 is 10.6 Å². The van der Waals surface area contributed by atoms with E-state index in [1.807, 2.05) is 6.07 Å². The summed E-state index contributed by atoms with van der Waals surface area (Å²) in [6.07, 6.45) is 6.81. The topological polar surface area (TPSA) is 164 Å². The third-order valence-corrected chi connectivity index (χ3v) is 8.32. The number of nitriles is 1. The van der Waals surface area contributed by atoms with Crippen molar-refractivity contribution >= 4 is 50.4 Å². The molecule has 200 valence electrons. The quantitative estimate of drug-likeness (QED) is 0.292.